The van der Waals surface area contributed by atoms with Crippen molar-refractivity contribution < 1.29 is 4.39 Å². The van der Waals surface area contributed by atoms with E-state index < -0.39 is 0 Å². The van der Waals surface area contributed by atoms with Crippen LogP contribution < -0.4 is 5.73 Å². The second kappa shape index (κ2) is 5.61. The summed E-state index contributed by atoms with van der Waals surface area (Å²) in [6, 6.07) is 7.13. The summed E-state index contributed by atoms with van der Waals surface area (Å²) >= 11 is 0. The lowest BCUT2D eigenvalue weighted by molar-refractivity contribution is 0.342. The predicted octanol–water partition coefficient (Wildman–Crippen LogP) is 2.21. The molecule has 0 spiro atoms. The Balaban J connectivity index is 2.24. The molecule has 1 heterocycles. The average Bonchev–Trinajstić information content (AvgIpc) is 2.52. The number of benzene rings is 1. The molecular weight excluding hydrogens is 215 g/mol. The van der Waals surface area contributed by atoms with Crippen LogP contribution in [0.4, 0.5) is 4.39 Å². The highest BCUT2D eigenvalue weighted by molar-refractivity contribution is 5.23. The molecule has 1 aromatic rings. The monoisotopic (exact) mass is 236 g/mol. The summed E-state index contributed by atoms with van der Waals surface area (Å²) in [7, 11) is 2.12. The first-order valence-corrected chi connectivity index (χ1v) is 6.35. The van der Waals surface area contributed by atoms with Gasteiger partial charge in [0.25, 0.3) is 0 Å². The topological polar surface area (TPSA) is 29.3 Å². The average molecular weight is 236 g/mol. The molecule has 0 amide bonds. The van der Waals surface area contributed by atoms with E-state index in [9.17, 15) is 4.39 Å². The fraction of sp³-hybridized carbons (Fsp3) is 0.571. The Morgan fingerprint density at radius 2 is 2.00 bits per heavy atom. The summed E-state index contributed by atoms with van der Waals surface area (Å²) in [5.41, 5.74) is 6.70. The minimum atomic E-state index is -0.0829. The van der Waals surface area contributed by atoms with Gasteiger partial charge in [-0.1, -0.05) is 18.2 Å². The summed E-state index contributed by atoms with van der Waals surface area (Å²) in [5, 5.41) is 0. The summed E-state index contributed by atoms with van der Waals surface area (Å²) in [6.45, 7) is 2.73. The Kier molecular flexibility index (Phi) is 4.13. The smallest absolute Gasteiger partial charge is 0.126 e. The van der Waals surface area contributed by atoms with E-state index in [-0.39, 0.29) is 11.7 Å². The van der Waals surface area contributed by atoms with Crippen LogP contribution in [0.3, 0.4) is 0 Å². The number of hydrogen-bond acceptors (Lipinski definition) is 2. The van der Waals surface area contributed by atoms with Crippen molar-refractivity contribution in [2.45, 2.75) is 18.8 Å². The van der Waals surface area contributed by atoms with Gasteiger partial charge in [-0.15, -0.1) is 0 Å². The number of nitrogens with two attached hydrogens (primary N) is 1. The SMILES string of the molecule is CN1CCC(CN)C(c2ccccc2F)CC1. The molecule has 0 radical (unpaired) electrons. The first-order chi connectivity index (χ1) is 8.22. The van der Waals surface area contributed by atoms with Gasteiger partial charge in [-0.2, -0.15) is 0 Å². The van der Waals surface area contributed by atoms with Gasteiger partial charge in [-0.25, -0.2) is 4.39 Å². The van der Waals surface area contributed by atoms with Crippen LogP contribution in [0.25, 0.3) is 0 Å². The molecule has 0 bridgehead atoms. The predicted molar refractivity (Wildman–Crippen MR) is 68.4 cm³/mol. The normalized spacial score (nSPS) is 26.8. The third-order valence-electron chi connectivity index (χ3n) is 3.88. The van der Waals surface area contributed by atoms with Gasteiger partial charge in [-0.3, -0.25) is 0 Å². The van der Waals surface area contributed by atoms with Crippen LogP contribution in [0.2, 0.25) is 0 Å². The Labute approximate surface area is 103 Å². The van der Waals surface area contributed by atoms with E-state index in [0.29, 0.717) is 12.5 Å². The van der Waals surface area contributed by atoms with Gasteiger partial charge in [0.05, 0.1) is 0 Å². The van der Waals surface area contributed by atoms with Gasteiger partial charge in [-0.05, 0) is 63.0 Å². The highest BCUT2D eigenvalue weighted by Gasteiger charge is 2.27. The van der Waals surface area contributed by atoms with Crippen molar-refractivity contribution in [2.24, 2.45) is 11.7 Å². The third kappa shape index (κ3) is 2.85. The lowest BCUT2D eigenvalue weighted by Crippen LogP contribution is -2.23. The standard InChI is InChI=1S/C14H21FN2/c1-17-8-6-11(10-16)12(7-9-17)13-4-2-3-5-14(13)15/h2-5,11-12H,6-10,16H2,1H3. The number of nitrogens with zero attached hydrogens (tertiary/aromatic N) is 1. The molecule has 1 aliphatic heterocycles. The lowest BCUT2D eigenvalue weighted by atomic mass is 9.82. The van der Waals surface area contributed by atoms with Crippen LogP contribution in [0.15, 0.2) is 24.3 Å². The van der Waals surface area contributed by atoms with Gasteiger partial charge >= 0.3 is 0 Å². The van der Waals surface area contributed by atoms with E-state index in [1.54, 1.807) is 12.1 Å². The summed E-state index contributed by atoms with van der Waals surface area (Å²) in [5.74, 6) is 0.587. The zero-order chi connectivity index (χ0) is 12.3. The lowest BCUT2D eigenvalue weighted by Gasteiger charge is -2.24. The zero-order valence-corrected chi connectivity index (χ0v) is 10.4. The number of halogens is 1. The van der Waals surface area contributed by atoms with Crippen molar-refractivity contribution in [3.8, 4) is 0 Å². The summed E-state index contributed by atoms with van der Waals surface area (Å²) < 4.78 is 13.9. The largest absolute Gasteiger partial charge is 0.330 e. The van der Waals surface area contributed by atoms with Crippen LogP contribution in [0.5, 0.6) is 0 Å². The molecule has 2 nitrogen and oxygen atoms in total. The molecule has 2 N–H and O–H groups in total. The molecule has 2 rings (SSSR count). The Bertz CT molecular complexity index is 367. The maximum Gasteiger partial charge on any atom is 0.126 e. The van der Waals surface area contributed by atoms with Crippen molar-refractivity contribution in [3.63, 3.8) is 0 Å². The zero-order valence-electron chi connectivity index (χ0n) is 10.4. The van der Waals surface area contributed by atoms with E-state index in [2.05, 4.69) is 11.9 Å². The molecule has 94 valence electrons. The molecule has 0 saturated carbocycles. The van der Waals surface area contributed by atoms with Gasteiger partial charge in [0.15, 0.2) is 0 Å². The highest BCUT2D eigenvalue weighted by Crippen LogP contribution is 2.33. The molecule has 1 aromatic carbocycles. The van der Waals surface area contributed by atoms with Crippen molar-refractivity contribution in [3.05, 3.63) is 35.6 Å². The molecule has 1 fully saturated rings. The molecule has 1 saturated heterocycles. The number of hydrogen-bond donors (Lipinski definition) is 1. The maximum atomic E-state index is 13.9. The van der Waals surface area contributed by atoms with Gasteiger partial charge in [0.1, 0.15) is 5.82 Å². The second-order valence-corrected chi connectivity index (χ2v) is 5.00. The van der Waals surface area contributed by atoms with E-state index >= 15 is 0 Å². The third-order valence-corrected chi connectivity index (χ3v) is 3.88. The molecule has 0 aromatic heterocycles. The fourth-order valence-electron chi connectivity index (χ4n) is 2.76. The maximum absolute atomic E-state index is 13.9. The van der Waals surface area contributed by atoms with Gasteiger partial charge in [0, 0.05) is 0 Å². The van der Waals surface area contributed by atoms with Gasteiger partial charge < -0.3 is 10.6 Å². The fourth-order valence-corrected chi connectivity index (χ4v) is 2.76. The number of likely N-dealkylation sites (tertiary alicyclic amines) is 1. The van der Waals surface area contributed by atoms with Crippen molar-refractivity contribution in [2.75, 3.05) is 26.7 Å². The second-order valence-electron chi connectivity index (χ2n) is 5.00. The molecule has 2 atom stereocenters. The first-order valence-electron chi connectivity index (χ1n) is 6.35. The van der Waals surface area contributed by atoms with Crippen LogP contribution in [-0.2, 0) is 0 Å². The first kappa shape index (κ1) is 12.5. The van der Waals surface area contributed by atoms with E-state index in [1.807, 2.05) is 12.1 Å². The summed E-state index contributed by atoms with van der Waals surface area (Å²) in [4.78, 5) is 2.31. The molecule has 0 aliphatic carbocycles. The van der Waals surface area contributed by atoms with E-state index in [4.69, 9.17) is 5.73 Å². The van der Waals surface area contributed by atoms with Crippen molar-refractivity contribution in [1.29, 1.82) is 0 Å². The van der Waals surface area contributed by atoms with Crippen molar-refractivity contribution in [1.82, 2.24) is 4.90 Å². The molecule has 17 heavy (non-hydrogen) atoms. The molecular formula is C14H21FN2. The number of rotatable bonds is 2. The highest BCUT2D eigenvalue weighted by atomic mass is 19.1. The quantitative estimate of drug-likeness (QED) is 0.853. The van der Waals surface area contributed by atoms with Crippen LogP contribution >= 0.6 is 0 Å². The molecule has 2 unspecified atom stereocenters. The van der Waals surface area contributed by atoms with Crippen molar-refractivity contribution >= 4 is 0 Å². The Morgan fingerprint density at radius 1 is 1.29 bits per heavy atom. The molecule has 3 heteroatoms. The van der Waals surface area contributed by atoms with Crippen LogP contribution in [-0.4, -0.2) is 31.6 Å². The molecule has 1 aliphatic rings. The summed E-state index contributed by atoms with van der Waals surface area (Å²) in [6.07, 6.45) is 2.06. The van der Waals surface area contributed by atoms with Gasteiger partial charge in [0.2, 0.25) is 0 Å². The minimum absolute atomic E-state index is 0.0829. The van der Waals surface area contributed by atoms with Crippen LogP contribution in [0.1, 0.15) is 24.3 Å². The Hall–Kier alpha value is -0.930. The van der Waals surface area contributed by atoms with E-state index in [0.717, 1.165) is 31.5 Å². The van der Waals surface area contributed by atoms with Crippen LogP contribution in [0, 0.1) is 11.7 Å². The van der Waals surface area contributed by atoms with E-state index in [1.165, 1.54) is 0 Å². The Morgan fingerprint density at radius 3 is 2.71 bits per heavy atom. The minimum Gasteiger partial charge on any atom is -0.330 e.